The fraction of sp³-hybridized carbons (Fsp3) is 0.364. The van der Waals surface area contributed by atoms with Crippen LogP contribution in [-0.4, -0.2) is 56.7 Å². The number of halogens is 1. The number of carbonyl (C=O) groups excluding carboxylic acids is 2. The van der Waals surface area contributed by atoms with Crippen LogP contribution in [0.1, 0.15) is 11.1 Å². The highest BCUT2D eigenvalue weighted by atomic mass is 19.1. The normalized spacial score (nSPS) is 13.9. The summed E-state index contributed by atoms with van der Waals surface area (Å²) in [5, 5.41) is 0. The van der Waals surface area contributed by atoms with Gasteiger partial charge in [-0.05, 0) is 25.1 Å². The van der Waals surface area contributed by atoms with Gasteiger partial charge in [0, 0.05) is 31.7 Å². The van der Waals surface area contributed by atoms with Crippen molar-refractivity contribution in [2.45, 2.75) is 13.3 Å². The lowest BCUT2D eigenvalue weighted by Crippen LogP contribution is -2.50. The van der Waals surface area contributed by atoms with Gasteiger partial charge in [-0.15, -0.1) is 0 Å². The molecule has 0 unspecified atom stereocenters. The first kappa shape index (κ1) is 20.6. The van der Waals surface area contributed by atoms with Crippen LogP contribution in [0.4, 0.5) is 10.1 Å². The Hall–Kier alpha value is -3.09. The Morgan fingerprint density at radius 2 is 1.79 bits per heavy atom. The first-order chi connectivity index (χ1) is 14.0. The fourth-order valence-corrected chi connectivity index (χ4v) is 3.39. The fourth-order valence-electron chi connectivity index (χ4n) is 3.39. The quantitative estimate of drug-likeness (QED) is 0.698. The maximum atomic E-state index is 13.9. The van der Waals surface area contributed by atoms with Gasteiger partial charge in [-0.1, -0.05) is 29.8 Å². The molecule has 1 fully saturated rings. The maximum Gasteiger partial charge on any atom is 0.310 e. The van der Waals surface area contributed by atoms with E-state index in [9.17, 15) is 14.0 Å². The van der Waals surface area contributed by atoms with Gasteiger partial charge in [0.15, 0.2) is 6.61 Å². The van der Waals surface area contributed by atoms with Crippen molar-refractivity contribution in [3.05, 3.63) is 59.4 Å². The molecular weight excluding hydrogens is 375 g/mol. The Bertz CT molecular complexity index is 879. The molecule has 0 aromatic heterocycles. The van der Waals surface area contributed by atoms with Crippen LogP contribution in [0, 0.1) is 12.7 Å². The number of amides is 1. The number of ether oxygens (including phenoxy) is 2. The van der Waals surface area contributed by atoms with Crippen molar-refractivity contribution < 1.29 is 23.5 Å². The molecule has 3 rings (SSSR count). The van der Waals surface area contributed by atoms with Gasteiger partial charge < -0.3 is 19.3 Å². The number of methoxy groups -OCH3 is 1. The van der Waals surface area contributed by atoms with Crippen LogP contribution >= 0.6 is 0 Å². The number of hydrogen-bond donors (Lipinski definition) is 0. The molecule has 0 N–H and O–H groups in total. The lowest BCUT2D eigenvalue weighted by atomic mass is 10.1. The average Bonchev–Trinajstić information content (AvgIpc) is 2.73. The van der Waals surface area contributed by atoms with Crippen molar-refractivity contribution in [2.75, 3.05) is 44.8 Å². The van der Waals surface area contributed by atoms with Gasteiger partial charge in [-0.25, -0.2) is 4.39 Å². The summed E-state index contributed by atoms with van der Waals surface area (Å²) in [6.07, 6.45) is 0.0409. The van der Waals surface area contributed by atoms with Crippen LogP contribution in [0.25, 0.3) is 0 Å². The highest BCUT2D eigenvalue weighted by molar-refractivity contribution is 5.81. The van der Waals surface area contributed by atoms with E-state index in [1.165, 1.54) is 6.07 Å². The van der Waals surface area contributed by atoms with Crippen LogP contribution in [0.15, 0.2) is 42.5 Å². The van der Waals surface area contributed by atoms with E-state index in [0.29, 0.717) is 37.6 Å². The van der Waals surface area contributed by atoms with Crippen LogP contribution in [-0.2, 0) is 20.7 Å². The summed E-state index contributed by atoms with van der Waals surface area (Å²) in [4.78, 5) is 28.1. The molecule has 154 valence electrons. The number of aryl methyl sites for hydroxylation is 1. The summed E-state index contributed by atoms with van der Waals surface area (Å²) in [6, 6.07) is 12.2. The van der Waals surface area contributed by atoms with Crippen molar-refractivity contribution in [2.24, 2.45) is 0 Å². The monoisotopic (exact) mass is 400 g/mol. The standard InChI is InChI=1S/C22H25FN2O4/c1-16-7-8-20(28-2)17(13-16)14-22(27)29-15-21(26)25-11-9-24(10-12-25)19-6-4-3-5-18(19)23/h3-8,13H,9-12,14-15H2,1-2H3. The van der Waals surface area contributed by atoms with Crippen LogP contribution in [0.3, 0.4) is 0 Å². The highest BCUT2D eigenvalue weighted by Crippen LogP contribution is 2.21. The number of nitrogens with zero attached hydrogens (tertiary/aromatic N) is 2. The van der Waals surface area contributed by atoms with E-state index >= 15 is 0 Å². The van der Waals surface area contributed by atoms with Crippen LogP contribution < -0.4 is 9.64 Å². The number of anilines is 1. The van der Waals surface area contributed by atoms with Crippen molar-refractivity contribution >= 4 is 17.6 Å². The summed E-state index contributed by atoms with van der Waals surface area (Å²) in [5.74, 6) is -0.383. The van der Waals surface area contributed by atoms with E-state index in [4.69, 9.17) is 9.47 Å². The van der Waals surface area contributed by atoms with E-state index < -0.39 is 5.97 Å². The number of hydrogen-bond acceptors (Lipinski definition) is 5. The van der Waals surface area contributed by atoms with Gasteiger partial charge in [0.2, 0.25) is 0 Å². The van der Waals surface area contributed by atoms with Crippen LogP contribution in [0.2, 0.25) is 0 Å². The third kappa shape index (κ3) is 5.25. The third-order valence-corrected chi connectivity index (χ3v) is 4.95. The van der Waals surface area contributed by atoms with E-state index in [2.05, 4.69) is 0 Å². The smallest absolute Gasteiger partial charge is 0.310 e. The van der Waals surface area contributed by atoms with E-state index in [0.717, 1.165) is 11.1 Å². The first-order valence-corrected chi connectivity index (χ1v) is 9.54. The molecule has 1 heterocycles. The van der Waals surface area contributed by atoms with Crippen molar-refractivity contribution in [1.82, 2.24) is 4.90 Å². The Morgan fingerprint density at radius 1 is 1.07 bits per heavy atom. The Balaban J connectivity index is 1.47. The van der Waals surface area contributed by atoms with E-state index in [-0.39, 0.29) is 24.8 Å². The van der Waals surface area contributed by atoms with E-state index in [1.807, 2.05) is 24.0 Å². The molecule has 1 saturated heterocycles. The third-order valence-electron chi connectivity index (χ3n) is 4.95. The summed E-state index contributed by atoms with van der Waals surface area (Å²) in [5.41, 5.74) is 2.28. The van der Waals surface area contributed by atoms with Crippen molar-refractivity contribution in [3.63, 3.8) is 0 Å². The average molecular weight is 400 g/mol. The Labute approximate surface area is 169 Å². The predicted octanol–water partition coefficient (Wildman–Crippen LogP) is 2.58. The minimum Gasteiger partial charge on any atom is -0.496 e. The molecule has 0 radical (unpaired) electrons. The van der Waals surface area contributed by atoms with Crippen LogP contribution in [0.5, 0.6) is 5.75 Å². The molecule has 6 nitrogen and oxygen atoms in total. The summed E-state index contributed by atoms with van der Waals surface area (Å²) < 4.78 is 24.3. The minimum absolute atomic E-state index is 0.0409. The topological polar surface area (TPSA) is 59.1 Å². The molecule has 1 amide bonds. The molecule has 2 aromatic carbocycles. The molecule has 0 saturated carbocycles. The van der Waals surface area contributed by atoms with Crippen molar-refractivity contribution in [3.8, 4) is 5.75 Å². The molecule has 0 aliphatic carbocycles. The summed E-state index contributed by atoms with van der Waals surface area (Å²) in [6.45, 7) is 3.60. The second kappa shape index (κ2) is 9.41. The highest BCUT2D eigenvalue weighted by Gasteiger charge is 2.23. The molecule has 1 aliphatic heterocycles. The Morgan fingerprint density at radius 3 is 2.48 bits per heavy atom. The van der Waals surface area contributed by atoms with Gasteiger partial charge in [-0.3, -0.25) is 9.59 Å². The maximum absolute atomic E-state index is 13.9. The van der Waals surface area contributed by atoms with Gasteiger partial charge in [-0.2, -0.15) is 0 Å². The molecule has 1 aliphatic rings. The number of piperazine rings is 1. The lowest BCUT2D eigenvalue weighted by Gasteiger charge is -2.36. The molecule has 2 aromatic rings. The zero-order valence-corrected chi connectivity index (χ0v) is 16.7. The van der Waals surface area contributed by atoms with Gasteiger partial charge in [0.25, 0.3) is 5.91 Å². The summed E-state index contributed by atoms with van der Waals surface area (Å²) >= 11 is 0. The van der Waals surface area contributed by atoms with Crippen molar-refractivity contribution in [1.29, 1.82) is 0 Å². The molecule has 0 spiro atoms. The number of carbonyl (C=O) groups is 2. The van der Waals surface area contributed by atoms with Gasteiger partial charge >= 0.3 is 5.97 Å². The number of esters is 1. The summed E-state index contributed by atoms with van der Waals surface area (Å²) in [7, 11) is 1.55. The largest absolute Gasteiger partial charge is 0.496 e. The molecule has 29 heavy (non-hydrogen) atoms. The molecule has 0 atom stereocenters. The molecule has 7 heteroatoms. The second-order valence-electron chi connectivity index (χ2n) is 6.97. The number of para-hydroxylation sites is 1. The Kier molecular flexibility index (Phi) is 6.69. The predicted molar refractivity (Wildman–Crippen MR) is 108 cm³/mol. The van der Waals surface area contributed by atoms with Gasteiger partial charge in [0.1, 0.15) is 11.6 Å². The zero-order chi connectivity index (χ0) is 20.8. The van der Waals surface area contributed by atoms with E-state index in [1.54, 1.807) is 36.3 Å². The minimum atomic E-state index is -0.479. The van der Waals surface area contributed by atoms with Gasteiger partial charge in [0.05, 0.1) is 19.2 Å². The number of benzene rings is 2. The lowest BCUT2D eigenvalue weighted by molar-refractivity contribution is -0.151. The zero-order valence-electron chi connectivity index (χ0n) is 16.7. The number of rotatable bonds is 6. The SMILES string of the molecule is COc1ccc(C)cc1CC(=O)OCC(=O)N1CCN(c2ccccc2F)CC1. The second-order valence-corrected chi connectivity index (χ2v) is 6.97. The molecular formula is C22H25FN2O4. The first-order valence-electron chi connectivity index (χ1n) is 9.54. The molecule has 0 bridgehead atoms.